The number of aromatic nitrogens is 4. The predicted octanol–water partition coefficient (Wildman–Crippen LogP) is 1.47. The van der Waals surface area contributed by atoms with Crippen LogP contribution in [0.5, 0.6) is 0 Å². The monoisotopic (exact) mass is 341 g/mol. The molecule has 1 atom stereocenters. The number of morpholine rings is 1. The molecule has 1 N–H and O–H groups in total. The molecule has 2 aliphatic rings. The van der Waals surface area contributed by atoms with Crippen molar-refractivity contribution in [2.45, 2.75) is 45.1 Å². The Hall–Kier alpha value is -2.28. The Morgan fingerprint density at radius 2 is 2.32 bits per heavy atom. The Kier molecular flexibility index (Phi) is 4.48. The largest absolute Gasteiger partial charge is 0.375 e. The zero-order chi connectivity index (χ0) is 17.2. The molecule has 1 saturated heterocycles. The number of H-pyrrole nitrogens is 1. The first-order valence-corrected chi connectivity index (χ1v) is 8.95. The van der Waals surface area contributed by atoms with Crippen molar-refractivity contribution in [3.8, 4) is 0 Å². The number of hydrogen-bond acceptors (Lipinski definition) is 5. The Labute approximate surface area is 146 Å². The highest BCUT2D eigenvalue weighted by Crippen LogP contribution is 2.24. The normalized spacial score (nSPS) is 19.9. The van der Waals surface area contributed by atoms with Crippen molar-refractivity contribution in [3.05, 3.63) is 40.7 Å². The molecule has 7 heteroatoms. The van der Waals surface area contributed by atoms with E-state index >= 15 is 0 Å². The number of nitrogens with one attached hydrogen (secondary N) is 1. The first kappa shape index (κ1) is 16.2. The van der Waals surface area contributed by atoms with Crippen molar-refractivity contribution in [1.82, 2.24) is 25.1 Å². The molecule has 0 spiro atoms. The summed E-state index contributed by atoms with van der Waals surface area (Å²) in [5.41, 5.74) is 4.85. The van der Waals surface area contributed by atoms with Gasteiger partial charge >= 0.3 is 0 Å². The molecule has 0 aromatic carbocycles. The van der Waals surface area contributed by atoms with Gasteiger partial charge in [-0.25, -0.2) is 9.97 Å². The van der Waals surface area contributed by atoms with Crippen LogP contribution in [0.4, 0.5) is 0 Å². The van der Waals surface area contributed by atoms with Gasteiger partial charge in [0.1, 0.15) is 6.33 Å². The molecule has 0 unspecified atom stereocenters. The van der Waals surface area contributed by atoms with Crippen LogP contribution in [0.3, 0.4) is 0 Å². The van der Waals surface area contributed by atoms with Crippen LogP contribution in [0.2, 0.25) is 0 Å². The lowest BCUT2D eigenvalue weighted by Gasteiger charge is -2.32. The van der Waals surface area contributed by atoms with E-state index in [-0.39, 0.29) is 12.0 Å². The van der Waals surface area contributed by atoms with Crippen LogP contribution >= 0.6 is 0 Å². The zero-order valence-corrected chi connectivity index (χ0v) is 14.5. The first-order valence-electron chi connectivity index (χ1n) is 8.95. The maximum Gasteiger partial charge on any atom is 0.274 e. The summed E-state index contributed by atoms with van der Waals surface area (Å²) in [7, 11) is 0. The fourth-order valence-electron chi connectivity index (χ4n) is 3.68. The Morgan fingerprint density at radius 3 is 3.20 bits per heavy atom. The number of fused-ring (bicyclic) bond motifs is 1. The third-order valence-electron chi connectivity index (χ3n) is 5.02. The molecule has 1 fully saturated rings. The number of aromatic amines is 1. The summed E-state index contributed by atoms with van der Waals surface area (Å²) in [5, 5.41) is 7.29. The molecule has 3 heterocycles. The van der Waals surface area contributed by atoms with E-state index in [1.807, 2.05) is 17.9 Å². The molecule has 1 aliphatic carbocycles. The SMILES string of the molecule is Cc1cc(CC[C@H]2CN(C(=O)c3n[nH]c4c3CCC4)CCO2)ncn1. The molecular formula is C18H23N5O2. The molecule has 0 radical (unpaired) electrons. The molecule has 132 valence electrons. The van der Waals surface area contributed by atoms with Gasteiger partial charge in [-0.15, -0.1) is 0 Å². The maximum absolute atomic E-state index is 12.9. The van der Waals surface area contributed by atoms with Crippen LogP contribution in [0, 0.1) is 6.92 Å². The number of ether oxygens (including phenoxy) is 1. The molecule has 25 heavy (non-hydrogen) atoms. The van der Waals surface area contributed by atoms with Gasteiger partial charge in [-0.2, -0.15) is 5.10 Å². The fraction of sp³-hybridized carbons (Fsp3) is 0.556. The smallest absolute Gasteiger partial charge is 0.274 e. The highest BCUT2D eigenvalue weighted by Gasteiger charge is 2.30. The minimum Gasteiger partial charge on any atom is -0.375 e. The van der Waals surface area contributed by atoms with Crippen molar-refractivity contribution in [3.63, 3.8) is 0 Å². The van der Waals surface area contributed by atoms with Gasteiger partial charge in [0.2, 0.25) is 0 Å². The summed E-state index contributed by atoms with van der Waals surface area (Å²) < 4.78 is 5.85. The quantitative estimate of drug-likeness (QED) is 0.910. The van der Waals surface area contributed by atoms with Gasteiger partial charge in [-0.3, -0.25) is 9.89 Å². The lowest BCUT2D eigenvalue weighted by molar-refractivity contribution is -0.0249. The zero-order valence-electron chi connectivity index (χ0n) is 14.5. The van der Waals surface area contributed by atoms with Gasteiger partial charge in [-0.05, 0) is 45.1 Å². The second kappa shape index (κ2) is 6.92. The molecule has 1 aliphatic heterocycles. The minimum absolute atomic E-state index is 0.0329. The van der Waals surface area contributed by atoms with Crippen LogP contribution in [-0.4, -0.2) is 56.8 Å². The van der Waals surface area contributed by atoms with Gasteiger partial charge in [0.25, 0.3) is 5.91 Å². The summed E-state index contributed by atoms with van der Waals surface area (Å²) in [4.78, 5) is 23.2. The van der Waals surface area contributed by atoms with Crippen molar-refractivity contribution in [1.29, 1.82) is 0 Å². The Morgan fingerprint density at radius 1 is 1.40 bits per heavy atom. The number of nitrogens with zero attached hydrogens (tertiary/aromatic N) is 4. The first-order chi connectivity index (χ1) is 12.2. The van der Waals surface area contributed by atoms with Crippen LogP contribution in [0.25, 0.3) is 0 Å². The molecule has 2 aromatic rings. The third kappa shape index (κ3) is 3.42. The number of rotatable bonds is 4. The van der Waals surface area contributed by atoms with Crippen LogP contribution in [-0.2, 0) is 24.0 Å². The highest BCUT2D eigenvalue weighted by molar-refractivity contribution is 5.94. The van der Waals surface area contributed by atoms with E-state index in [1.165, 1.54) is 0 Å². The van der Waals surface area contributed by atoms with E-state index in [0.29, 0.717) is 25.4 Å². The second-order valence-corrected chi connectivity index (χ2v) is 6.82. The predicted molar refractivity (Wildman–Crippen MR) is 91.3 cm³/mol. The summed E-state index contributed by atoms with van der Waals surface area (Å²) >= 11 is 0. The van der Waals surface area contributed by atoms with E-state index in [4.69, 9.17) is 4.74 Å². The van der Waals surface area contributed by atoms with Gasteiger partial charge in [0.15, 0.2) is 5.69 Å². The van der Waals surface area contributed by atoms with E-state index in [1.54, 1.807) is 6.33 Å². The lowest BCUT2D eigenvalue weighted by Crippen LogP contribution is -2.46. The fourth-order valence-corrected chi connectivity index (χ4v) is 3.68. The molecule has 7 nitrogen and oxygen atoms in total. The lowest BCUT2D eigenvalue weighted by atomic mass is 10.1. The van der Waals surface area contributed by atoms with E-state index in [9.17, 15) is 4.79 Å². The standard InChI is InChI=1S/C18H23N5O2/c1-12-9-13(20-11-19-12)5-6-14-10-23(7-8-25-14)18(24)17-15-3-2-4-16(15)21-22-17/h9,11,14H,2-8,10H2,1H3,(H,21,22)/t14-/m0/s1. The van der Waals surface area contributed by atoms with Crippen molar-refractivity contribution < 1.29 is 9.53 Å². The Bertz CT molecular complexity index is 773. The summed E-state index contributed by atoms with van der Waals surface area (Å²) in [6.45, 7) is 3.78. The van der Waals surface area contributed by atoms with E-state index in [2.05, 4.69) is 20.2 Å². The summed E-state index contributed by atoms with van der Waals surface area (Å²) in [5.74, 6) is 0.0329. The second-order valence-electron chi connectivity index (χ2n) is 6.82. The third-order valence-corrected chi connectivity index (χ3v) is 5.02. The van der Waals surface area contributed by atoms with E-state index < -0.39 is 0 Å². The number of aryl methyl sites for hydroxylation is 3. The molecular weight excluding hydrogens is 318 g/mol. The van der Waals surface area contributed by atoms with Crippen molar-refractivity contribution >= 4 is 5.91 Å². The summed E-state index contributed by atoms with van der Waals surface area (Å²) in [6, 6.07) is 2.00. The number of carbonyl (C=O) groups excluding carboxylic acids is 1. The Balaban J connectivity index is 1.38. The minimum atomic E-state index is 0.0329. The molecule has 0 bridgehead atoms. The maximum atomic E-state index is 12.9. The number of carbonyl (C=O) groups is 1. The van der Waals surface area contributed by atoms with Crippen molar-refractivity contribution in [2.75, 3.05) is 19.7 Å². The highest BCUT2D eigenvalue weighted by atomic mass is 16.5. The molecule has 4 rings (SSSR count). The average Bonchev–Trinajstić information content (AvgIpc) is 3.23. The average molecular weight is 341 g/mol. The molecule has 0 saturated carbocycles. The van der Waals surface area contributed by atoms with Gasteiger partial charge < -0.3 is 9.64 Å². The van der Waals surface area contributed by atoms with Crippen molar-refractivity contribution in [2.24, 2.45) is 0 Å². The number of hydrogen-bond donors (Lipinski definition) is 1. The summed E-state index contributed by atoms with van der Waals surface area (Å²) in [6.07, 6.45) is 6.37. The molecule has 2 aromatic heterocycles. The van der Waals surface area contributed by atoms with Gasteiger partial charge in [0.05, 0.1) is 12.7 Å². The topological polar surface area (TPSA) is 84.0 Å². The number of amides is 1. The van der Waals surface area contributed by atoms with Gasteiger partial charge in [0, 0.05) is 35.7 Å². The van der Waals surface area contributed by atoms with Crippen LogP contribution < -0.4 is 0 Å². The van der Waals surface area contributed by atoms with Crippen LogP contribution in [0.1, 0.15) is 46.0 Å². The molecule has 1 amide bonds. The van der Waals surface area contributed by atoms with E-state index in [0.717, 1.165) is 54.7 Å². The van der Waals surface area contributed by atoms with Crippen LogP contribution in [0.15, 0.2) is 12.4 Å². The van der Waals surface area contributed by atoms with Gasteiger partial charge in [-0.1, -0.05) is 0 Å².